The number of aromatic nitrogens is 2. The third kappa shape index (κ3) is 3.78. The molecule has 0 aliphatic carbocycles. The Morgan fingerprint density at radius 1 is 1.33 bits per heavy atom. The number of aryl methyl sites for hydroxylation is 1. The van der Waals surface area contributed by atoms with Crippen LogP contribution in [-0.2, 0) is 6.54 Å². The molecular formula is C15H19F2N3O. The van der Waals surface area contributed by atoms with Gasteiger partial charge in [-0.05, 0) is 37.2 Å². The molecule has 0 aliphatic rings. The summed E-state index contributed by atoms with van der Waals surface area (Å²) >= 11 is 0. The lowest BCUT2D eigenvalue weighted by molar-refractivity contribution is -0.0498. The van der Waals surface area contributed by atoms with Crippen LogP contribution in [0.1, 0.15) is 30.6 Å². The Balaban J connectivity index is 2.30. The highest BCUT2D eigenvalue weighted by Crippen LogP contribution is 2.25. The normalized spacial score (nSPS) is 12.6. The second-order valence-corrected chi connectivity index (χ2v) is 4.65. The number of nitrogens with one attached hydrogen (secondary N) is 1. The first-order chi connectivity index (χ1) is 10.2. The molecule has 0 amide bonds. The number of hydrogen-bond acceptors (Lipinski definition) is 3. The van der Waals surface area contributed by atoms with E-state index in [0.29, 0.717) is 0 Å². The van der Waals surface area contributed by atoms with Crippen molar-refractivity contribution in [3.8, 4) is 5.75 Å². The van der Waals surface area contributed by atoms with Gasteiger partial charge in [-0.1, -0.05) is 19.1 Å². The third-order valence-electron chi connectivity index (χ3n) is 3.19. The Hall–Kier alpha value is -1.95. The van der Waals surface area contributed by atoms with Crippen LogP contribution in [0.2, 0.25) is 0 Å². The first-order valence-electron chi connectivity index (χ1n) is 6.89. The Labute approximate surface area is 122 Å². The molecule has 1 N–H and O–H groups in total. The van der Waals surface area contributed by atoms with Crippen molar-refractivity contribution in [3.05, 3.63) is 47.8 Å². The zero-order chi connectivity index (χ0) is 15.2. The van der Waals surface area contributed by atoms with Crippen LogP contribution >= 0.6 is 0 Å². The summed E-state index contributed by atoms with van der Waals surface area (Å²) in [6, 6.07) is 8.53. The van der Waals surface area contributed by atoms with Crippen LogP contribution < -0.4 is 10.1 Å². The van der Waals surface area contributed by atoms with E-state index in [1.807, 2.05) is 23.9 Å². The molecule has 0 radical (unpaired) electrons. The molecule has 114 valence electrons. The van der Waals surface area contributed by atoms with E-state index >= 15 is 0 Å². The van der Waals surface area contributed by atoms with Crippen LogP contribution in [0.3, 0.4) is 0 Å². The number of alkyl halides is 2. The van der Waals surface area contributed by atoms with E-state index in [1.54, 1.807) is 18.3 Å². The summed E-state index contributed by atoms with van der Waals surface area (Å²) < 4.78 is 31.0. The summed E-state index contributed by atoms with van der Waals surface area (Å²) in [4.78, 5) is 0. The summed E-state index contributed by atoms with van der Waals surface area (Å²) in [5, 5.41) is 7.49. The first kappa shape index (κ1) is 15.4. The van der Waals surface area contributed by atoms with E-state index in [1.165, 1.54) is 6.07 Å². The van der Waals surface area contributed by atoms with Crippen LogP contribution in [-0.4, -0.2) is 23.4 Å². The molecular weight excluding hydrogens is 276 g/mol. The van der Waals surface area contributed by atoms with Crippen molar-refractivity contribution in [2.75, 3.05) is 7.05 Å². The van der Waals surface area contributed by atoms with Gasteiger partial charge in [0.05, 0.1) is 11.7 Å². The van der Waals surface area contributed by atoms with Crippen molar-refractivity contribution in [2.24, 2.45) is 0 Å². The molecule has 1 unspecified atom stereocenters. The summed E-state index contributed by atoms with van der Waals surface area (Å²) in [6.07, 6.45) is 2.72. The predicted molar refractivity (Wildman–Crippen MR) is 76.5 cm³/mol. The lowest BCUT2D eigenvalue weighted by atomic mass is 10.0. The van der Waals surface area contributed by atoms with E-state index in [0.717, 1.165) is 24.2 Å². The van der Waals surface area contributed by atoms with Gasteiger partial charge in [-0.25, -0.2) is 0 Å². The zero-order valence-corrected chi connectivity index (χ0v) is 12.1. The monoisotopic (exact) mass is 295 g/mol. The van der Waals surface area contributed by atoms with Crippen molar-refractivity contribution < 1.29 is 13.5 Å². The van der Waals surface area contributed by atoms with Crippen LogP contribution in [0.4, 0.5) is 8.78 Å². The molecule has 0 saturated carbocycles. The number of nitrogens with zero attached hydrogens (tertiary/aromatic N) is 2. The minimum Gasteiger partial charge on any atom is -0.435 e. The van der Waals surface area contributed by atoms with Gasteiger partial charge in [0, 0.05) is 12.7 Å². The molecule has 0 aliphatic heterocycles. The van der Waals surface area contributed by atoms with E-state index in [9.17, 15) is 8.78 Å². The first-order valence-corrected chi connectivity index (χ1v) is 6.89. The van der Waals surface area contributed by atoms with Crippen molar-refractivity contribution in [1.29, 1.82) is 0 Å². The van der Waals surface area contributed by atoms with Gasteiger partial charge in [0.2, 0.25) is 0 Å². The molecule has 1 atom stereocenters. The van der Waals surface area contributed by atoms with Gasteiger partial charge in [0.1, 0.15) is 5.75 Å². The van der Waals surface area contributed by atoms with Gasteiger partial charge < -0.3 is 10.1 Å². The van der Waals surface area contributed by atoms with E-state index in [2.05, 4.69) is 22.1 Å². The molecule has 21 heavy (non-hydrogen) atoms. The topological polar surface area (TPSA) is 39.1 Å². The van der Waals surface area contributed by atoms with Crippen LogP contribution in [0.25, 0.3) is 0 Å². The standard InChI is InChI=1S/C15H19F2N3O/c1-3-9-20-13(7-8-19-20)14(18-2)11-5-4-6-12(10-11)21-15(16)17/h4-8,10,14-15,18H,3,9H2,1-2H3. The Bertz CT molecular complexity index is 572. The van der Waals surface area contributed by atoms with E-state index in [-0.39, 0.29) is 11.8 Å². The zero-order valence-electron chi connectivity index (χ0n) is 12.1. The largest absolute Gasteiger partial charge is 0.435 e. The summed E-state index contributed by atoms with van der Waals surface area (Å²) in [7, 11) is 1.83. The van der Waals surface area contributed by atoms with Crippen molar-refractivity contribution in [2.45, 2.75) is 32.5 Å². The maximum absolute atomic E-state index is 12.3. The predicted octanol–water partition coefficient (Wildman–Crippen LogP) is 3.20. The average Bonchev–Trinajstić information content (AvgIpc) is 2.88. The smallest absolute Gasteiger partial charge is 0.387 e. The molecule has 2 aromatic rings. The van der Waals surface area contributed by atoms with Crippen molar-refractivity contribution >= 4 is 0 Å². The number of hydrogen-bond donors (Lipinski definition) is 1. The summed E-state index contributed by atoms with van der Waals surface area (Å²) in [5.41, 5.74) is 1.85. The van der Waals surface area contributed by atoms with Gasteiger partial charge in [0.15, 0.2) is 0 Å². The molecule has 0 spiro atoms. The molecule has 0 fully saturated rings. The number of halogens is 2. The second-order valence-electron chi connectivity index (χ2n) is 4.65. The maximum atomic E-state index is 12.3. The molecule has 1 aromatic carbocycles. The quantitative estimate of drug-likeness (QED) is 0.852. The van der Waals surface area contributed by atoms with Gasteiger partial charge >= 0.3 is 6.61 Å². The molecule has 1 aromatic heterocycles. The lowest BCUT2D eigenvalue weighted by Crippen LogP contribution is -2.21. The SMILES string of the molecule is CCCn1nccc1C(NC)c1cccc(OC(F)F)c1. The lowest BCUT2D eigenvalue weighted by Gasteiger charge is -2.19. The minimum atomic E-state index is -2.82. The highest BCUT2D eigenvalue weighted by atomic mass is 19.3. The highest BCUT2D eigenvalue weighted by molar-refractivity contribution is 5.34. The van der Waals surface area contributed by atoms with Crippen molar-refractivity contribution in [1.82, 2.24) is 15.1 Å². The van der Waals surface area contributed by atoms with Gasteiger partial charge in [-0.3, -0.25) is 4.68 Å². The van der Waals surface area contributed by atoms with E-state index < -0.39 is 6.61 Å². The van der Waals surface area contributed by atoms with E-state index in [4.69, 9.17) is 0 Å². The molecule has 0 bridgehead atoms. The highest BCUT2D eigenvalue weighted by Gasteiger charge is 2.17. The fraction of sp³-hybridized carbons (Fsp3) is 0.400. The third-order valence-corrected chi connectivity index (χ3v) is 3.19. The number of rotatable bonds is 7. The Morgan fingerprint density at radius 3 is 2.81 bits per heavy atom. The molecule has 2 rings (SSSR count). The van der Waals surface area contributed by atoms with Crippen molar-refractivity contribution in [3.63, 3.8) is 0 Å². The van der Waals surface area contributed by atoms with Crippen LogP contribution in [0, 0.1) is 0 Å². The van der Waals surface area contributed by atoms with Crippen LogP contribution in [0.5, 0.6) is 5.75 Å². The molecule has 0 saturated heterocycles. The number of benzene rings is 1. The molecule has 4 nitrogen and oxygen atoms in total. The fourth-order valence-corrected chi connectivity index (χ4v) is 2.34. The molecule has 1 heterocycles. The van der Waals surface area contributed by atoms with Gasteiger partial charge in [0.25, 0.3) is 0 Å². The average molecular weight is 295 g/mol. The maximum Gasteiger partial charge on any atom is 0.387 e. The van der Waals surface area contributed by atoms with Gasteiger partial charge in [-0.15, -0.1) is 0 Å². The number of ether oxygens (including phenoxy) is 1. The summed E-state index contributed by atoms with van der Waals surface area (Å²) in [5.74, 6) is 0.157. The van der Waals surface area contributed by atoms with Crippen LogP contribution in [0.15, 0.2) is 36.5 Å². The fourth-order valence-electron chi connectivity index (χ4n) is 2.34. The molecule has 6 heteroatoms. The Morgan fingerprint density at radius 2 is 2.14 bits per heavy atom. The minimum absolute atomic E-state index is 0.125. The van der Waals surface area contributed by atoms with Gasteiger partial charge in [-0.2, -0.15) is 13.9 Å². The Kier molecular flexibility index (Phi) is 5.27. The summed E-state index contributed by atoms with van der Waals surface area (Å²) in [6.45, 7) is 0.0731. The second kappa shape index (κ2) is 7.17.